The van der Waals surface area contributed by atoms with E-state index < -0.39 is 0 Å². The first kappa shape index (κ1) is 12.6. The van der Waals surface area contributed by atoms with Crippen LogP contribution in [0.25, 0.3) is 6.08 Å². The first-order valence-corrected chi connectivity index (χ1v) is 6.37. The highest BCUT2D eigenvalue weighted by molar-refractivity contribution is 8.18. The van der Waals surface area contributed by atoms with E-state index in [0.29, 0.717) is 4.91 Å². The monoisotopic (exact) mass is 259 g/mol. The second-order valence-corrected chi connectivity index (χ2v) is 4.93. The van der Waals surface area contributed by atoms with Crippen molar-refractivity contribution in [3.63, 3.8) is 0 Å². The molecular weight excluding hydrogens is 246 g/mol. The van der Waals surface area contributed by atoms with Crippen molar-refractivity contribution in [2.45, 2.75) is 6.92 Å². The quantitative estimate of drug-likeness (QED) is 0.618. The zero-order chi connectivity index (χ0) is 13.1. The molecule has 4 heteroatoms. The van der Waals surface area contributed by atoms with Crippen LogP contribution in [0.5, 0.6) is 0 Å². The summed E-state index contributed by atoms with van der Waals surface area (Å²) in [5.74, 6) is -0.242. The van der Waals surface area contributed by atoms with Gasteiger partial charge in [-0.05, 0) is 35.9 Å². The average Bonchev–Trinajstić information content (AvgIpc) is 2.60. The van der Waals surface area contributed by atoms with Crippen molar-refractivity contribution in [2.24, 2.45) is 0 Å². The third-order valence-electron chi connectivity index (χ3n) is 2.66. The molecule has 2 rings (SSSR count). The Morgan fingerprint density at radius 1 is 1.33 bits per heavy atom. The van der Waals surface area contributed by atoms with E-state index in [9.17, 15) is 9.59 Å². The second-order valence-electron chi connectivity index (χ2n) is 3.94. The van der Waals surface area contributed by atoms with Crippen LogP contribution in [0.4, 0.5) is 4.79 Å². The number of imide groups is 1. The Labute approximate surface area is 110 Å². The largest absolute Gasteiger partial charge is 0.293 e. The van der Waals surface area contributed by atoms with Crippen LogP contribution in [0.3, 0.4) is 0 Å². The first-order valence-electron chi connectivity index (χ1n) is 5.55. The molecule has 0 bridgehead atoms. The predicted octanol–water partition coefficient (Wildman–Crippen LogP) is 3.22. The molecule has 0 saturated carbocycles. The lowest BCUT2D eigenvalue weighted by molar-refractivity contribution is -0.122. The molecule has 3 nitrogen and oxygen atoms in total. The second kappa shape index (κ2) is 5.23. The van der Waals surface area contributed by atoms with E-state index in [4.69, 9.17) is 0 Å². The van der Waals surface area contributed by atoms with Gasteiger partial charge in [-0.15, -0.1) is 6.58 Å². The van der Waals surface area contributed by atoms with Crippen molar-refractivity contribution in [3.8, 4) is 0 Å². The van der Waals surface area contributed by atoms with Gasteiger partial charge in [-0.25, -0.2) is 0 Å². The fourth-order valence-electron chi connectivity index (χ4n) is 1.68. The summed E-state index contributed by atoms with van der Waals surface area (Å²) in [7, 11) is 0. The van der Waals surface area contributed by atoms with E-state index in [0.717, 1.165) is 22.9 Å². The zero-order valence-electron chi connectivity index (χ0n) is 10.1. The third kappa shape index (κ3) is 2.38. The van der Waals surface area contributed by atoms with Crippen LogP contribution in [-0.4, -0.2) is 22.6 Å². The van der Waals surface area contributed by atoms with E-state index in [1.165, 1.54) is 4.90 Å². The first-order chi connectivity index (χ1) is 8.63. The van der Waals surface area contributed by atoms with Crippen molar-refractivity contribution in [1.82, 2.24) is 4.90 Å². The van der Waals surface area contributed by atoms with E-state index in [1.54, 1.807) is 12.2 Å². The summed E-state index contributed by atoms with van der Waals surface area (Å²) in [6.07, 6.45) is 3.32. The Kier molecular flexibility index (Phi) is 3.67. The van der Waals surface area contributed by atoms with E-state index in [-0.39, 0.29) is 17.7 Å². The Hall–Kier alpha value is -1.81. The fourth-order valence-corrected chi connectivity index (χ4v) is 2.52. The third-order valence-corrected chi connectivity index (χ3v) is 3.57. The van der Waals surface area contributed by atoms with Gasteiger partial charge >= 0.3 is 0 Å². The lowest BCUT2D eigenvalue weighted by Crippen LogP contribution is -2.27. The molecule has 0 spiro atoms. The molecule has 1 aliphatic rings. The normalized spacial score (nSPS) is 17.6. The molecule has 0 atom stereocenters. The van der Waals surface area contributed by atoms with Crippen LogP contribution in [0.1, 0.15) is 11.1 Å². The molecule has 0 radical (unpaired) electrons. The summed E-state index contributed by atoms with van der Waals surface area (Å²) in [6, 6.07) is 7.75. The highest BCUT2D eigenvalue weighted by atomic mass is 32.2. The molecule has 1 heterocycles. The number of hydrogen-bond acceptors (Lipinski definition) is 3. The number of thioether (sulfide) groups is 1. The maximum absolute atomic E-state index is 12.0. The average molecular weight is 259 g/mol. The molecule has 1 saturated heterocycles. The molecule has 18 heavy (non-hydrogen) atoms. The van der Waals surface area contributed by atoms with Gasteiger partial charge in [-0.2, -0.15) is 0 Å². The van der Waals surface area contributed by atoms with Gasteiger partial charge in [0.25, 0.3) is 11.1 Å². The molecule has 1 aromatic rings. The van der Waals surface area contributed by atoms with Gasteiger partial charge < -0.3 is 0 Å². The summed E-state index contributed by atoms with van der Waals surface area (Å²) < 4.78 is 0. The Morgan fingerprint density at radius 2 is 2.06 bits per heavy atom. The number of hydrogen-bond donors (Lipinski definition) is 0. The van der Waals surface area contributed by atoms with E-state index in [2.05, 4.69) is 6.58 Å². The SMILES string of the molecule is C=CCN1C(=O)S/C(=C/c2ccccc2C)C1=O. The maximum atomic E-state index is 12.0. The van der Waals surface area contributed by atoms with Gasteiger partial charge in [0.2, 0.25) is 0 Å². The zero-order valence-corrected chi connectivity index (χ0v) is 10.9. The van der Waals surface area contributed by atoms with Crippen LogP contribution in [0.2, 0.25) is 0 Å². The lowest BCUT2D eigenvalue weighted by Gasteiger charge is -2.07. The minimum absolute atomic E-state index is 0.236. The minimum atomic E-state index is -0.242. The Bertz CT molecular complexity index is 548. The van der Waals surface area contributed by atoms with Crippen molar-refractivity contribution in [1.29, 1.82) is 0 Å². The summed E-state index contributed by atoms with van der Waals surface area (Å²) in [4.78, 5) is 25.3. The number of benzene rings is 1. The lowest BCUT2D eigenvalue weighted by atomic mass is 10.1. The van der Waals surface area contributed by atoms with Gasteiger partial charge in [-0.3, -0.25) is 14.5 Å². The van der Waals surface area contributed by atoms with Gasteiger partial charge in [0.05, 0.1) is 4.91 Å². The number of nitrogens with zero attached hydrogens (tertiary/aromatic N) is 1. The molecule has 1 aliphatic heterocycles. The molecule has 0 aliphatic carbocycles. The van der Waals surface area contributed by atoms with E-state index >= 15 is 0 Å². The number of amides is 2. The molecule has 2 amide bonds. The van der Waals surface area contributed by atoms with Crippen LogP contribution < -0.4 is 0 Å². The molecule has 0 N–H and O–H groups in total. The standard InChI is InChI=1S/C14H13NO2S/c1-3-8-15-13(16)12(18-14(15)17)9-11-7-5-4-6-10(11)2/h3-7,9H,1,8H2,2H3/b12-9+. The molecule has 92 valence electrons. The summed E-state index contributed by atoms with van der Waals surface area (Å²) in [5, 5.41) is -0.236. The Balaban J connectivity index is 2.31. The highest BCUT2D eigenvalue weighted by Gasteiger charge is 2.33. The number of rotatable bonds is 3. The summed E-state index contributed by atoms with van der Waals surface area (Å²) >= 11 is 0.976. The molecule has 1 aromatic carbocycles. The molecule has 0 aromatic heterocycles. The van der Waals surface area contributed by atoms with Crippen molar-refractivity contribution in [2.75, 3.05) is 6.54 Å². The smallest absolute Gasteiger partial charge is 0.268 e. The molecule has 1 fully saturated rings. The van der Waals surface area contributed by atoms with Crippen LogP contribution in [-0.2, 0) is 4.79 Å². The summed E-state index contributed by atoms with van der Waals surface area (Å²) in [6.45, 7) is 5.77. The molecule has 0 unspecified atom stereocenters. The van der Waals surface area contributed by atoms with Gasteiger partial charge in [0.1, 0.15) is 0 Å². The summed E-state index contributed by atoms with van der Waals surface area (Å²) in [5.41, 5.74) is 2.04. The van der Waals surface area contributed by atoms with E-state index in [1.807, 2.05) is 31.2 Å². The maximum Gasteiger partial charge on any atom is 0.293 e. The number of carbonyl (C=O) groups is 2. The van der Waals surface area contributed by atoms with Crippen molar-refractivity contribution in [3.05, 3.63) is 53.0 Å². The molecular formula is C14H13NO2S. The predicted molar refractivity (Wildman–Crippen MR) is 74.1 cm³/mol. The fraction of sp³-hybridized carbons (Fsp3) is 0.143. The Morgan fingerprint density at radius 3 is 2.72 bits per heavy atom. The number of aryl methyl sites for hydroxylation is 1. The van der Waals surface area contributed by atoms with Gasteiger partial charge in [-0.1, -0.05) is 30.3 Å². The topological polar surface area (TPSA) is 37.4 Å². The van der Waals surface area contributed by atoms with Crippen molar-refractivity contribution < 1.29 is 9.59 Å². The van der Waals surface area contributed by atoms with Crippen LogP contribution in [0, 0.1) is 6.92 Å². The van der Waals surface area contributed by atoms with Gasteiger partial charge in [0.15, 0.2) is 0 Å². The highest BCUT2D eigenvalue weighted by Crippen LogP contribution is 2.32. The van der Waals surface area contributed by atoms with Gasteiger partial charge in [0, 0.05) is 6.54 Å². The van der Waals surface area contributed by atoms with Crippen LogP contribution in [0.15, 0.2) is 41.8 Å². The minimum Gasteiger partial charge on any atom is -0.268 e. The van der Waals surface area contributed by atoms with Crippen molar-refractivity contribution >= 4 is 29.0 Å². The van der Waals surface area contributed by atoms with Crippen LogP contribution >= 0.6 is 11.8 Å². The number of carbonyl (C=O) groups excluding carboxylic acids is 2.